The van der Waals surface area contributed by atoms with Gasteiger partial charge in [-0.3, -0.25) is 0 Å². The highest BCUT2D eigenvalue weighted by atomic mass is 16.4. The summed E-state index contributed by atoms with van der Waals surface area (Å²) in [6.45, 7) is 0. The fraction of sp³-hybridized carbons (Fsp3) is 0.100. The molecule has 1 aromatic carbocycles. The van der Waals surface area contributed by atoms with Crippen molar-refractivity contribution in [3.8, 4) is 0 Å². The molecule has 0 heterocycles. The van der Waals surface area contributed by atoms with Gasteiger partial charge in [-0.15, -0.1) is 0 Å². The van der Waals surface area contributed by atoms with E-state index < -0.39 is 5.97 Å². The van der Waals surface area contributed by atoms with Gasteiger partial charge in [0.2, 0.25) is 0 Å². The van der Waals surface area contributed by atoms with Gasteiger partial charge in [-0.05, 0) is 18.1 Å². The van der Waals surface area contributed by atoms with Gasteiger partial charge in [0.1, 0.15) is 0 Å². The van der Waals surface area contributed by atoms with Crippen LogP contribution in [0.25, 0.3) is 6.08 Å². The molecule has 1 aliphatic rings. The molecule has 66 valence electrons. The topological polar surface area (TPSA) is 63.3 Å². The van der Waals surface area contributed by atoms with Crippen molar-refractivity contribution in [2.24, 2.45) is 0 Å². The molecule has 0 saturated carbocycles. The van der Waals surface area contributed by atoms with Crippen molar-refractivity contribution in [2.75, 3.05) is 5.73 Å². The number of fused-ring (bicyclic) bond motifs is 1. The average Bonchev–Trinajstić information content (AvgIpc) is 2.52. The lowest BCUT2D eigenvalue weighted by molar-refractivity contribution is 0.0698. The Kier molecular flexibility index (Phi) is 1.59. The monoisotopic (exact) mass is 175 g/mol. The largest absolute Gasteiger partial charge is 0.478 e. The number of carboxylic acids is 1. The summed E-state index contributed by atoms with van der Waals surface area (Å²) in [6.07, 6.45) is 4.70. The molecule has 1 aromatic rings. The molecule has 0 amide bonds. The first-order chi connectivity index (χ1) is 6.20. The molecule has 0 radical (unpaired) electrons. The van der Waals surface area contributed by atoms with Crippen LogP contribution in [0, 0.1) is 0 Å². The summed E-state index contributed by atoms with van der Waals surface area (Å²) in [7, 11) is 0. The highest BCUT2D eigenvalue weighted by molar-refractivity contribution is 5.96. The fourth-order valence-corrected chi connectivity index (χ4v) is 1.55. The molecule has 0 bridgehead atoms. The number of carbonyl (C=O) groups is 1. The van der Waals surface area contributed by atoms with Gasteiger partial charge >= 0.3 is 5.97 Å². The Morgan fingerprint density at radius 2 is 2.23 bits per heavy atom. The summed E-state index contributed by atoms with van der Waals surface area (Å²) >= 11 is 0. The number of rotatable bonds is 1. The van der Waals surface area contributed by atoms with E-state index in [1.54, 1.807) is 6.07 Å². The molecule has 3 heteroatoms. The normalized spacial score (nSPS) is 12.9. The van der Waals surface area contributed by atoms with Crippen LogP contribution in [-0.2, 0) is 6.42 Å². The van der Waals surface area contributed by atoms with Gasteiger partial charge in [0.05, 0.1) is 11.3 Å². The van der Waals surface area contributed by atoms with Crippen LogP contribution >= 0.6 is 0 Å². The molecular formula is C10H9NO2. The van der Waals surface area contributed by atoms with E-state index in [1.807, 2.05) is 18.2 Å². The van der Waals surface area contributed by atoms with Crippen molar-refractivity contribution in [1.82, 2.24) is 0 Å². The van der Waals surface area contributed by atoms with Gasteiger partial charge in [0.25, 0.3) is 0 Å². The van der Waals surface area contributed by atoms with Crippen LogP contribution in [0.3, 0.4) is 0 Å². The second-order valence-corrected chi connectivity index (χ2v) is 3.01. The number of anilines is 1. The van der Waals surface area contributed by atoms with E-state index in [0.29, 0.717) is 5.69 Å². The number of nitrogen functional groups attached to an aromatic ring is 1. The quantitative estimate of drug-likeness (QED) is 0.636. The van der Waals surface area contributed by atoms with Crippen molar-refractivity contribution in [1.29, 1.82) is 0 Å². The number of hydrogen-bond donors (Lipinski definition) is 2. The van der Waals surface area contributed by atoms with Crippen molar-refractivity contribution < 1.29 is 9.90 Å². The number of benzene rings is 1. The first-order valence-electron chi connectivity index (χ1n) is 4.01. The Balaban J connectivity index is 2.64. The molecule has 0 fully saturated rings. The van der Waals surface area contributed by atoms with Crippen molar-refractivity contribution >= 4 is 17.7 Å². The SMILES string of the molecule is Nc1c(C(=O)O)ccc2c1C=CC2. The van der Waals surface area contributed by atoms with Gasteiger partial charge in [0.15, 0.2) is 0 Å². The molecule has 0 spiro atoms. The second kappa shape index (κ2) is 2.62. The molecule has 1 aliphatic carbocycles. The molecule has 0 saturated heterocycles. The van der Waals surface area contributed by atoms with Crippen molar-refractivity contribution in [2.45, 2.75) is 6.42 Å². The van der Waals surface area contributed by atoms with E-state index in [9.17, 15) is 4.79 Å². The Morgan fingerprint density at radius 1 is 1.46 bits per heavy atom. The zero-order valence-corrected chi connectivity index (χ0v) is 6.95. The molecule has 2 rings (SSSR count). The van der Waals surface area contributed by atoms with Crippen molar-refractivity contribution in [3.63, 3.8) is 0 Å². The molecule has 13 heavy (non-hydrogen) atoms. The first-order valence-corrected chi connectivity index (χ1v) is 4.01. The van der Waals surface area contributed by atoms with Gasteiger partial charge in [-0.25, -0.2) is 4.79 Å². The number of aromatic carboxylic acids is 1. The van der Waals surface area contributed by atoms with E-state index >= 15 is 0 Å². The van der Waals surface area contributed by atoms with Crippen LogP contribution in [-0.4, -0.2) is 11.1 Å². The fourth-order valence-electron chi connectivity index (χ4n) is 1.55. The van der Waals surface area contributed by atoms with E-state index in [1.165, 1.54) is 0 Å². The summed E-state index contributed by atoms with van der Waals surface area (Å²) in [6, 6.07) is 3.37. The smallest absolute Gasteiger partial charge is 0.337 e. The minimum atomic E-state index is -0.972. The van der Waals surface area contributed by atoms with Gasteiger partial charge < -0.3 is 10.8 Å². The third-order valence-electron chi connectivity index (χ3n) is 2.23. The maximum atomic E-state index is 10.7. The van der Waals surface area contributed by atoms with E-state index in [2.05, 4.69) is 0 Å². The molecule has 0 aliphatic heterocycles. The summed E-state index contributed by atoms with van der Waals surface area (Å²) in [5, 5.41) is 8.79. The van der Waals surface area contributed by atoms with Crippen LogP contribution in [0.5, 0.6) is 0 Å². The Labute approximate surface area is 75.5 Å². The Morgan fingerprint density at radius 3 is 2.92 bits per heavy atom. The minimum Gasteiger partial charge on any atom is -0.478 e. The maximum Gasteiger partial charge on any atom is 0.337 e. The third kappa shape index (κ3) is 1.09. The lowest BCUT2D eigenvalue weighted by Crippen LogP contribution is -2.04. The zero-order valence-electron chi connectivity index (χ0n) is 6.95. The van der Waals surface area contributed by atoms with Gasteiger partial charge in [-0.1, -0.05) is 18.2 Å². The summed E-state index contributed by atoms with van der Waals surface area (Å²) < 4.78 is 0. The van der Waals surface area contributed by atoms with Gasteiger partial charge in [-0.2, -0.15) is 0 Å². The molecule has 0 atom stereocenters. The molecular weight excluding hydrogens is 166 g/mol. The van der Waals surface area contributed by atoms with Crippen LogP contribution in [0.4, 0.5) is 5.69 Å². The van der Waals surface area contributed by atoms with E-state index in [-0.39, 0.29) is 5.56 Å². The average molecular weight is 175 g/mol. The van der Waals surface area contributed by atoms with Crippen LogP contribution in [0.15, 0.2) is 18.2 Å². The molecule has 3 N–H and O–H groups in total. The van der Waals surface area contributed by atoms with Crippen molar-refractivity contribution in [3.05, 3.63) is 34.9 Å². The van der Waals surface area contributed by atoms with Crippen LogP contribution < -0.4 is 5.73 Å². The van der Waals surface area contributed by atoms with Gasteiger partial charge in [0, 0.05) is 5.56 Å². The molecule has 3 nitrogen and oxygen atoms in total. The van der Waals surface area contributed by atoms with E-state index in [4.69, 9.17) is 10.8 Å². The maximum absolute atomic E-state index is 10.7. The predicted octanol–water partition coefficient (Wildman–Crippen LogP) is 1.54. The molecule has 0 aromatic heterocycles. The van der Waals surface area contributed by atoms with Crippen LogP contribution in [0.2, 0.25) is 0 Å². The lowest BCUT2D eigenvalue weighted by atomic mass is 10.0. The summed E-state index contributed by atoms with van der Waals surface area (Å²) in [4.78, 5) is 10.7. The first kappa shape index (κ1) is 7.86. The Bertz CT molecular complexity index is 408. The number of allylic oxidation sites excluding steroid dienone is 1. The standard InChI is InChI=1S/C10H9NO2/c11-9-7-3-1-2-6(7)4-5-8(9)10(12)13/h1,3-5H,2,11H2,(H,12,13). The molecule has 0 unspecified atom stereocenters. The number of nitrogens with two attached hydrogens (primary N) is 1. The third-order valence-corrected chi connectivity index (χ3v) is 2.23. The Hall–Kier alpha value is -1.77. The zero-order chi connectivity index (χ0) is 9.42. The number of hydrogen-bond acceptors (Lipinski definition) is 2. The lowest BCUT2D eigenvalue weighted by Gasteiger charge is -2.05. The minimum absolute atomic E-state index is 0.185. The summed E-state index contributed by atoms with van der Waals surface area (Å²) in [5.74, 6) is -0.972. The summed E-state index contributed by atoms with van der Waals surface area (Å²) in [5.41, 5.74) is 8.22. The highest BCUT2D eigenvalue weighted by Crippen LogP contribution is 2.28. The van der Waals surface area contributed by atoms with Crippen LogP contribution in [0.1, 0.15) is 21.5 Å². The highest BCUT2D eigenvalue weighted by Gasteiger charge is 2.15. The second-order valence-electron chi connectivity index (χ2n) is 3.01. The number of carboxylic acid groups (broad SMARTS) is 1. The van der Waals surface area contributed by atoms with E-state index in [0.717, 1.165) is 17.5 Å². The predicted molar refractivity (Wildman–Crippen MR) is 50.6 cm³/mol.